The van der Waals surface area contributed by atoms with E-state index in [0.29, 0.717) is 0 Å². The molecule has 3 heteroatoms. The third-order valence-electron chi connectivity index (χ3n) is 4.80. The van der Waals surface area contributed by atoms with Crippen LogP contribution < -0.4 is 10.6 Å². The first kappa shape index (κ1) is 14.9. The van der Waals surface area contributed by atoms with E-state index in [1.54, 1.807) is 0 Å². The van der Waals surface area contributed by atoms with Crippen molar-refractivity contribution in [3.63, 3.8) is 0 Å². The zero-order valence-electron chi connectivity index (χ0n) is 13.1. The minimum Gasteiger partial charge on any atom is -0.385 e. The summed E-state index contributed by atoms with van der Waals surface area (Å²) in [4.78, 5) is 2.58. The molecule has 0 bridgehead atoms. The van der Waals surface area contributed by atoms with E-state index in [4.69, 9.17) is 0 Å². The highest BCUT2D eigenvalue weighted by Gasteiger charge is 2.12. The lowest BCUT2D eigenvalue weighted by Gasteiger charge is -2.26. The SMILES string of the molecule is c1cc(NCC2CCCNC2)ccc1CN1CCCCC1. The summed E-state index contributed by atoms with van der Waals surface area (Å²) in [7, 11) is 0. The van der Waals surface area contributed by atoms with Gasteiger partial charge in [0.15, 0.2) is 0 Å². The first-order valence-corrected chi connectivity index (χ1v) is 8.66. The molecule has 1 aromatic rings. The van der Waals surface area contributed by atoms with Gasteiger partial charge in [0.05, 0.1) is 0 Å². The average Bonchev–Trinajstić information content (AvgIpc) is 2.56. The number of rotatable bonds is 5. The molecule has 0 spiro atoms. The van der Waals surface area contributed by atoms with Crippen molar-refractivity contribution in [1.82, 2.24) is 10.2 Å². The Morgan fingerprint density at radius 1 is 1.05 bits per heavy atom. The van der Waals surface area contributed by atoms with E-state index in [1.807, 2.05) is 0 Å². The van der Waals surface area contributed by atoms with Crippen LogP contribution in [0.2, 0.25) is 0 Å². The van der Waals surface area contributed by atoms with Crippen LogP contribution in [0.15, 0.2) is 24.3 Å². The van der Waals surface area contributed by atoms with Gasteiger partial charge >= 0.3 is 0 Å². The fourth-order valence-electron chi connectivity index (χ4n) is 3.46. The van der Waals surface area contributed by atoms with Gasteiger partial charge in [0.25, 0.3) is 0 Å². The number of likely N-dealkylation sites (tertiary alicyclic amines) is 1. The first-order valence-electron chi connectivity index (χ1n) is 8.66. The zero-order valence-corrected chi connectivity index (χ0v) is 13.1. The summed E-state index contributed by atoms with van der Waals surface area (Å²) >= 11 is 0. The van der Waals surface area contributed by atoms with E-state index in [9.17, 15) is 0 Å². The number of piperidine rings is 2. The number of benzene rings is 1. The molecule has 1 atom stereocenters. The van der Waals surface area contributed by atoms with Crippen molar-refractivity contribution in [2.24, 2.45) is 5.92 Å². The Labute approximate surface area is 129 Å². The molecule has 2 fully saturated rings. The van der Waals surface area contributed by atoms with Crippen LogP contribution in [0.4, 0.5) is 5.69 Å². The summed E-state index contributed by atoms with van der Waals surface area (Å²) in [6.45, 7) is 7.12. The van der Waals surface area contributed by atoms with Gasteiger partial charge in [-0.3, -0.25) is 4.90 Å². The molecule has 2 aliphatic rings. The van der Waals surface area contributed by atoms with E-state index >= 15 is 0 Å². The van der Waals surface area contributed by atoms with Crippen LogP contribution in [0.25, 0.3) is 0 Å². The van der Waals surface area contributed by atoms with Crippen molar-refractivity contribution in [3.05, 3.63) is 29.8 Å². The molecule has 3 rings (SSSR count). The van der Waals surface area contributed by atoms with Crippen LogP contribution in [0, 0.1) is 5.92 Å². The summed E-state index contributed by atoms with van der Waals surface area (Å²) < 4.78 is 0. The van der Waals surface area contributed by atoms with Gasteiger partial charge in [-0.05, 0) is 75.5 Å². The third kappa shape index (κ3) is 4.72. The predicted octanol–water partition coefficient (Wildman–Crippen LogP) is 3.08. The van der Waals surface area contributed by atoms with Crippen molar-refractivity contribution in [2.75, 3.05) is 38.0 Å². The molecule has 2 aliphatic heterocycles. The Morgan fingerprint density at radius 2 is 1.86 bits per heavy atom. The minimum atomic E-state index is 0.784. The van der Waals surface area contributed by atoms with Gasteiger partial charge in [0, 0.05) is 18.8 Å². The molecule has 0 aliphatic carbocycles. The second-order valence-electron chi connectivity index (χ2n) is 6.63. The van der Waals surface area contributed by atoms with Crippen LogP contribution in [0.5, 0.6) is 0 Å². The van der Waals surface area contributed by atoms with Gasteiger partial charge in [0.1, 0.15) is 0 Å². The average molecular weight is 287 g/mol. The lowest BCUT2D eigenvalue weighted by Crippen LogP contribution is -2.33. The largest absolute Gasteiger partial charge is 0.385 e. The molecule has 2 N–H and O–H groups in total. The van der Waals surface area contributed by atoms with E-state index in [2.05, 4.69) is 39.8 Å². The van der Waals surface area contributed by atoms with Gasteiger partial charge in [-0.1, -0.05) is 18.6 Å². The highest BCUT2D eigenvalue weighted by molar-refractivity contribution is 5.44. The lowest BCUT2D eigenvalue weighted by molar-refractivity contribution is 0.221. The maximum absolute atomic E-state index is 3.59. The van der Waals surface area contributed by atoms with Crippen LogP contribution in [0.1, 0.15) is 37.7 Å². The van der Waals surface area contributed by atoms with Crippen LogP contribution in [0.3, 0.4) is 0 Å². The molecule has 116 valence electrons. The molecule has 0 aromatic heterocycles. The number of nitrogens with one attached hydrogen (secondary N) is 2. The smallest absolute Gasteiger partial charge is 0.0340 e. The highest BCUT2D eigenvalue weighted by atomic mass is 15.1. The molecular weight excluding hydrogens is 258 g/mol. The number of hydrogen-bond donors (Lipinski definition) is 2. The topological polar surface area (TPSA) is 27.3 Å². The van der Waals surface area contributed by atoms with Crippen LogP contribution >= 0.6 is 0 Å². The molecule has 3 nitrogen and oxygen atoms in total. The quantitative estimate of drug-likeness (QED) is 0.871. The molecule has 2 saturated heterocycles. The maximum atomic E-state index is 3.59. The van der Waals surface area contributed by atoms with Crippen molar-refractivity contribution in [2.45, 2.75) is 38.6 Å². The Balaban J connectivity index is 1.44. The predicted molar refractivity (Wildman–Crippen MR) is 89.7 cm³/mol. The lowest BCUT2D eigenvalue weighted by atomic mass is 10.00. The second-order valence-corrected chi connectivity index (χ2v) is 6.63. The summed E-state index contributed by atoms with van der Waals surface area (Å²) in [5.74, 6) is 0.784. The Morgan fingerprint density at radius 3 is 2.57 bits per heavy atom. The summed E-state index contributed by atoms with van der Waals surface area (Å²) in [5, 5.41) is 7.07. The minimum absolute atomic E-state index is 0.784. The normalized spacial score (nSPS) is 23.9. The van der Waals surface area contributed by atoms with Gasteiger partial charge in [0.2, 0.25) is 0 Å². The maximum Gasteiger partial charge on any atom is 0.0340 e. The molecule has 0 radical (unpaired) electrons. The molecule has 2 heterocycles. The highest BCUT2D eigenvalue weighted by Crippen LogP contribution is 2.16. The zero-order chi connectivity index (χ0) is 14.3. The van der Waals surface area contributed by atoms with Crippen molar-refractivity contribution in [1.29, 1.82) is 0 Å². The monoisotopic (exact) mass is 287 g/mol. The molecular formula is C18H29N3. The van der Waals surface area contributed by atoms with Crippen molar-refractivity contribution >= 4 is 5.69 Å². The van der Waals surface area contributed by atoms with Gasteiger partial charge in [-0.15, -0.1) is 0 Å². The van der Waals surface area contributed by atoms with E-state index in [1.165, 1.54) is 69.5 Å². The molecule has 21 heavy (non-hydrogen) atoms. The Bertz CT molecular complexity index is 403. The van der Waals surface area contributed by atoms with E-state index < -0.39 is 0 Å². The van der Waals surface area contributed by atoms with Crippen molar-refractivity contribution in [3.8, 4) is 0 Å². The molecule has 1 aromatic carbocycles. The van der Waals surface area contributed by atoms with Crippen molar-refractivity contribution < 1.29 is 0 Å². The second kappa shape index (κ2) is 7.81. The summed E-state index contributed by atoms with van der Waals surface area (Å²) in [6.07, 6.45) is 6.83. The van der Waals surface area contributed by atoms with E-state index in [0.717, 1.165) is 19.0 Å². The number of hydrogen-bond acceptors (Lipinski definition) is 3. The Kier molecular flexibility index (Phi) is 5.53. The standard InChI is InChI=1S/C18H29N3/c1-2-11-21(12-3-1)15-16-6-8-18(9-7-16)20-14-17-5-4-10-19-13-17/h6-9,17,19-20H,1-5,10-15H2. The fraction of sp³-hybridized carbons (Fsp3) is 0.667. The van der Waals surface area contributed by atoms with Gasteiger partial charge in [-0.25, -0.2) is 0 Å². The van der Waals surface area contributed by atoms with Gasteiger partial charge in [-0.2, -0.15) is 0 Å². The van der Waals surface area contributed by atoms with Crippen LogP contribution in [-0.4, -0.2) is 37.6 Å². The molecule has 1 unspecified atom stereocenters. The van der Waals surface area contributed by atoms with E-state index in [-0.39, 0.29) is 0 Å². The first-order chi connectivity index (χ1) is 10.4. The number of nitrogens with zero attached hydrogens (tertiary/aromatic N) is 1. The van der Waals surface area contributed by atoms with Crippen LogP contribution in [-0.2, 0) is 6.54 Å². The summed E-state index contributed by atoms with van der Waals surface area (Å²) in [6, 6.07) is 9.07. The fourth-order valence-corrected chi connectivity index (χ4v) is 3.46. The molecule has 0 amide bonds. The summed E-state index contributed by atoms with van der Waals surface area (Å²) in [5.41, 5.74) is 2.71. The Hall–Kier alpha value is -1.06. The number of anilines is 1. The molecule has 0 saturated carbocycles. The van der Waals surface area contributed by atoms with Gasteiger partial charge < -0.3 is 10.6 Å². The third-order valence-corrected chi connectivity index (χ3v) is 4.80.